The molecule has 7 rings (SSSR count). The predicted molar refractivity (Wildman–Crippen MR) is 147 cm³/mol. The van der Waals surface area contributed by atoms with Gasteiger partial charge in [0.2, 0.25) is 0 Å². The number of rotatable bonds is 2. The van der Waals surface area contributed by atoms with Crippen LogP contribution in [-0.2, 0) is 35.6 Å². The summed E-state index contributed by atoms with van der Waals surface area (Å²) in [7, 11) is 0. The largest absolute Gasteiger partial charge is 0.451 e. The summed E-state index contributed by atoms with van der Waals surface area (Å²) in [6, 6.07) is 5.95. The van der Waals surface area contributed by atoms with Crippen LogP contribution in [0.1, 0.15) is 71.6 Å². The molecule has 3 fully saturated rings. The number of carbonyl (C=O) groups excluding carboxylic acids is 2. The molecule has 8 nitrogen and oxygen atoms in total. The van der Waals surface area contributed by atoms with Crippen molar-refractivity contribution >= 4 is 34.3 Å². The zero-order valence-electron chi connectivity index (χ0n) is 23.5. The van der Waals surface area contributed by atoms with E-state index < -0.39 is 45.5 Å². The molecule has 7 atom stereocenters. The average Bonchev–Trinajstić information content (AvgIpc) is 3.37. The maximum atomic E-state index is 13.6. The van der Waals surface area contributed by atoms with Crippen LogP contribution in [0.2, 0.25) is 5.02 Å². The minimum atomic E-state index is -1.74. The summed E-state index contributed by atoms with van der Waals surface area (Å²) in [6.45, 7) is 8.55. The van der Waals surface area contributed by atoms with Crippen molar-refractivity contribution in [3.05, 3.63) is 46.1 Å². The number of hydrogen-bond donors (Lipinski definition) is 3. The van der Waals surface area contributed by atoms with Gasteiger partial charge in [-0.3, -0.25) is 4.79 Å². The van der Waals surface area contributed by atoms with E-state index in [1.54, 1.807) is 6.92 Å². The van der Waals surface area contributed by atoms with Gasteiger partial charge >= 0.3 is 5.97 Å². The molecule has 40 heavy (non-hydrogen) atoms. The second-order valence-corrected chi connectivity index (χ2v) is 14.2. The van der Waals surface area contributed by atoms with Crippen LogP contribution >= 0.6 is 11.6 Å². The van der Waals surface area contributed by atoms with Crippen LogP contribution in [-0.4, -0.2) is 62.3 Å². The van der Waals surface area contributed by atoms with Gasteiger partial charge in [-0.25, -0.2) is 4.79 Å². The van der Waals surface area contributed by atoms with Gasteiger partial charge in [0.05, 0.1) is 12.2 Å². The molecule has 0 radical (unpaired) electrons. The summed E-state index contributed by atoms with van der Waals surface area (Å²) in [4.78, 5) is 29.9. The Balaban J connectivity index is 1.31. The summed E-state index contributed by atoms with van der Waals surface area (Å²) in [5.74, 6) is -2.19. The molecule has 3 heterocycles. The molecular weight excluding hydrogens is 534 g/mol. The molecule has 2 bridgehead atoms. The van der Waals surface area contributed by atoms with E-state index >= 15 is 0 Å². The van der Waals surface area contributed by atoms with Crippen LogP contribution in [0.15, 0.2) is 29.8 Å². The zero-order valence-corrected chi connectivity index (χ0v) is 24.3. The number of fused-ring (bicyclic) bond motifs is 9. The van der Waals surface area contributed by atoms with E-state index in [4.69, 9.17) is 25.8 Å². The molecule has 1 spiro atoms. The minimum absolute atomic E-state index is 0.0951. The molecule has 1 aromatic heterocycles. The topological polar surface area (TPSA) is 118 Å². The van der Waals surface area contributed by atoms with Crippen molar-refractivity contribution < 1.29 is 34.0 Å². The van der Waals surface area contributed by atoms with Crippen LogP contribution in [0.4, 0.5) is 0 Å². The van der Waals surface area contributed by atoms with Gasteiger partial charge in [-0.2, -0.15) is 0 Å². The molecule has 9 heteroatoms. The molecule has 3 aliphatic carbocycles. The molecule has 1 saturated heterocycles. The first-order chi connectivity index (χ1) is 18.6. The van der Waals surface area contributed by atoms with E-state index in [-0.39, 0.29) is 12.4 Å². The molecule has 5 aliphatic rings. The molecule has 0 unspecified atom stereocenters. The Kier molecular flexibility index (Phi) is 5.18. The fourth-order valence-corrected chi connectivity index (χ4v) is 8.86. The third-order valence-corrected chi connectivity index (χ3v) is 11.4. The number of halogens is 1. The first-order valence-corrected chi connectivity index (χ1v) is 14.5. The van der Waals surface area contributed by atoms with Crippen molar-refractivity contribution in [1.82, 2.24) is 4.98 Å². The Morgan fingerprint density at radius 2 is 1.95 bits per heavy atom. The van der Waals surface area contributed by atoms with E-state index in [1.807, 2.05) is 12.1 Å². The van der Waals surface area contributed by atoms with Crippen LogP contribution in [0.25, 0.3) is 10.9 Å². The maximum Gasteiger partial charge on any atom is 0.338 e. The highest BCUT2D eigenvalue weighted by Crippen LogP contribution is 2.71. The minimum Gasteiger partial charge on any atom is -0.451 e. The highest BCUT2D eigenvalue weighted by atomic mass is 35.5. The zero-order chi connectivity index (χ0) is 28.7. The number of ether oxygens (including phenoxy) is 3. The highest BCUT2D eigenvalue weighted by molar-refractivity contribution is 6.31. The number of hydrogen-bond acceptors (Lipinski definition) is 7. The first kappa shape index (κ1) is 26.7. The number of aliphatic hydroxyl groups is 2. The van der Waals surface area contributed by atoms with Gasteiger partial charge in [0.15, 0.2) is 28.9 Å². The SMILES string of the molecule is CC(C)(O)C(=O)O[C@]1(C)CO[C@@]23CC[C@@]4(C)[C@@]5(C)c6[nH]c7cc(Cl)ccc7c6C[C@@H]5CC[C@]4(O)C2=CC(=O)[C@H]1O3. The van der Waals surface area contributed by atoms with Crippen LogP contribution in [0.3, 0.4) is 0 Å². The predicted octanol–water partition coefficient (Wildman–Crippen LogP) is 4.27. The first-order valence-electron chi connectivity index (χ1n) is 14.2. The second-order valence-electron chi connectivity index (χ2n) is 13.8. The molecular formula is C31H36ClNO7. The van der Waals surface area contributed by atoms with Crippen molar-refractivity contribution in [2.24, 2.45) is 11.3 Å². The lowest BCUT2D eigenvalue weighted by molar-refractivity contribution is -0.351. The smallest absolute Gasteiger partial charge is 0.338 e. The van der Waals surface area contributed by atoms with Crippen molar-refractivity contribution in [1.29, 1.82) is 0 Å². The van der Waals surface area contributed by atoms with E-state index in [0.29, 0.717) is 35.8 Å². The summed E-state index contributed by atoms with van der Waals surface area (Å²) in [6.07, 6.45) is 3.62. The van der Waals surface area contributed by atoms with E-state index in [0.717, 1.165) is 24.1 Å². The van der Waals surface area contributed by atoms with Crippen molar-refractivity contribution in [2.75, 3.05) is 6.61 Å². The number of H-pyrrole nitrogens is 1. The Bertz CT molecular complexity index is 1520. The number of carbonyl (C=O) groups is 2. The molecule has 3 N–H and O–H groups in total. The van der Waals surface area contributed by atoms with Gasteiger partial charge in [-0.1, -0.05) is 31.5 Å². The van der Waals surface area contributed by atoms with Gasteiger partial charge in [0.25, 0.3) is 0 Å². The summed E-state index contributed by atoms with van der Waals surface area (Å²) in [5.41, 5.74) is -1.63. The molecule has 2 aliphatic heterocycles. The Morgan fingerprint density at radius 3 is 2.67 bits per heavy atom. The maximum absolute atomic E-state index is 13.6. The van der Waals surface area contributed by atoms with Gasteiger partial charge in [-0.05, 0) is 76.1 Å². The van der Waals surface area contributed by atoms with Crippen molar-refractivity contribution in [2.45, 2.75) is 101 Å². The quantitative estimate of drug-likeness (QED) is 0.462. The van der Waals surface area contributed by atoms with Crippen molar-refractivity contribution in [3.63, 3.8) is 0 Å². The van der Waals surface area contributed by atoms with E-state index in [1.165, 1.54) is 30.9 Å². The molecule has 1 aromatic carbocycles. The van der Waals surface area contributed by atoms with Gasteiger partial charge in [0, 0.05) is 44.4 Å². The van der Waals surface area contributed by atoms with Crippen LogP contribution in [0, 0.1) is 11.3 Å². The fourth-order valence-electron chi connectivity index (χ4n) is 8.69. The van der Waals surface area contributed by atoms with Crippen LogP contribution in [0.5, 0.6) is 0 Å². The monoisotopic (exact) mass is 569 g/mol. The standard InChI is InChI=1S/C31H36ClNO7/c1-26(2,36)25(35)40-27(3)15-38-31-11-10-28(4)29(5)16(8-9-30(28,37)22(31)14-21(34)24(27)39-31)12-19-18-7-6-17(32)13-20(18)33-23(19)29/h6-7,13-14,16,24,33,36-37H,8-12,15H2,1-5H3/t16-,24+,27+,28-,29+,30-,31+/m0/s1. The van der Waals surface area contributed by atoms with Gasteiger partial charge in [-0.15, -0.1) is 0 Å². The van der Waals surface area contributed by atoms with Crippen molar-refractivity contribution in [3.8, 4) is 0 Å². The number of aromatic nitrogens is 1. The lowest BCUT2D eigenvalue weighted by Gasteiger charge is -2.67. The average molecular weight is 570 g/mol. The Morgan fingerprint density at radius 1 is 1.20 bits per heavy atom. The Labute approximate surface area is 238 Å². The fraction of sp³-hybridized carbons (Fsp3) is 0.613. The second kappa shape index (κ2) is 7.78. The van der Waals surface area contributed by atoms with Crippen LogP contribution < -0.4 is 0 Å². The molecule has 2 saturated carbocycles. The van der Waals surface area contributed by atoms with E-state index in [9.17, 15) is 19.8 Å². The third-order valence-electron chi connectivity index (χ3n) is 11.2. The number of benzene rings is 1. The normalized spacial score (nSPS) is 42.0. The summed E-state index contributed by atoms with van der Waals surface area (Å²) >= 11 is 6.32. The van der Waals surface area contributed by atoms with Gasteiger partial charge in [0.1, 0.15) is 0 Å². The number of aromatic amines is 1. The molecule has 0 amide bonds. The molecule has 2 aromatic rings. The lowest BCUT2D eigenvalue weighted by atomic mass is 9.42. The number of ketones is 1. The van der Waals surface area contributed by atoms with E-state index in [2.05, 4.69) is 24.9 Å². The summed E-state index contributed by atoms with van der Waals surface area (Å²) in [5, 5.41) is 24.8. The number of esters is 1. The van der Waals surface area contributed by atoms with Gasteiger partial charge < -0.3 is 29.4 Å². The Hall–Kier alpha value is -2.23. The lowest BCUT2D eigenvalue weighted by Crippen LogP contribution is -2.74. The third kappa shape index (κ3) is 3.07. The number of nitrogens with one attached hydrogen (secondary N) is 1. The molecule has 214 valence electrons. The summed E-state index contributed by atoms with van der Waals surface area (Å²) < 4.78 is 18.4. The highest BCUT2D eigenvalue weighted by Gasteiger charge is 2.74.